The Bertz CT molecular complexity index is 274. The van der Waals surface area contributed by atoms with Crippen LogP contribution in [-0.2, 0) is 0 Å². The smallest absolute Gasteiger partial charge is 0.303 e. The largest absolute Gasteiger partial charge is 0.403 e. The lowest BCUT2D eigenvalue weighted by Crippen LogP contribution is -2.54. The summed E-state index contributed by atoms with van der Waals surface area (Å²) in [6, 6.07) is -1.29. The van der Waals surface area contributed by atoms with Crippen LogP contribution < -0.4 is 5.32 Å². The molecule has 0 aromatic carbocycles. The number of halogens is 4. The molecule has 2 aliphatic rings. The Hall–Kier alpha value is 0.480. The third-order valence-corrected chi connectivity index (χ3v) is 5.84. The fraction of sp³-hybridized carbons (Fsp3) is 1.00. The van der Waals surface area contributed by atoms with Crippen molar-refractivity contribution in [3.8, 4) is 0 Å². The van der Waals surface area contributed by atoms with Crippen molar-refractivity contribution in [1.29, 1.82) is 0 Å². The highest BCUT2D eigenvalue weighted by atomic mass is 127. The predicted molar refractivity (Wildman–Crippen MR) is 74.9 cm³/mol. The maximum atomic E-state index is 12.7. The second-order valence-corrected chi connectivity index (χ2v) is 7.56. The first-order valence-electron chi connectivity index (χ1n) is 6.84. The zero-order valence-electron chi connectivity index (χ0n) is 10.6. The van der Waals surface area contributed by atoms with E-state index in [2.05, 4.69) is 27.9 Å². The summed E-state index contributed by atoms with van der Waals surface area (Å²) in [5.74, 6) is 1.07. The molecule has 0 aromatic heterocycles. The van der Waals surface area contributed by atoms with Crippen LogP contribution in [0.4, 0.5) is 13.2 Å². The minimum absolute atomic E-state index is 0.00105. The Morgan fingerprint density at radius 1 is 1.00 bits per heavy atom. The molecule has 0 amide bonds. The predicted octanol–water partition coefficient (Wildman–Crippen LogP) is 4.30. The van der Waals surface area contributed by atoms with E-state index in [1.165, 1.54) is 25.7 Å². The molecule has 1 nitrogen and oxygen atoms in total. The van der Waals surface area contributed by atoms with Gasteiger partial charge in [0.05, 0.1) is 0 Å². The molecule has 1 heterocycles. The number of alkyl halides is 4. The standard InChI is InChI=1S/C13H21F3IN/c1-8-11(9-2-4-10(17)5-3-9)6-7-12(18-8)13(14,15)16/h8-12,18H,2-7H2,1H3. The molecule has 18 heavy (non-hydrogen) atoms. The van der Waals surface area contributed by atoms with E-state index in [9.17, 15) is 13.2 Å². The monoisotopic (exact) mass is 375 g/mol. The van der Waals surface area contributed by atoms with Gasteiger partial charge in [-0.05, 0) is 57.3 Å². The Balaban J connectivity index is 1.89. The van der Waals surface area contributed by atoms with Gasteiger partial charge in [-0.2, -0.15) is 13.2 Å². The number of rotatable bonds is 1. The Morgan fingerprint density at radius 2 is 1.61 bits per heavy atom. The van der Waals surface area contributed by atoms with Gasteiger partial charge >= 0.3 is 6.18 Å². The van der Waals surface area contributed by atoms with Crippen molar-refractivity contribution in [3.63, 3.8) is 0 Å². The van der Waals surface area contributed by atoms with E-state index in [0.29, 0.717) is 11.8 Å². The summed E-state index contributed by atoms with van der Waals surface area (Å²) in [6.07, 6.45) is 1.76. The Morgan fingerprint density at radius 3 is 2.11 bits per heavy atom. The third-order valence-electron chi connectivity index (χ3n) is 4.60. The van der Waals surface area contributed by atoms with Crippen molar-refractivity contribution >= 4 is 22.6 Å². The van der Waals surface area contributed by atoms with Crippen LogP contribution in [0, 0.1) is 11.8 Å². The highest BCUT2D eigenvalue weighted by molar-refractivity contribution is 14.1. The van der Waals surface area contributed by atoms with Crippen molar-refractivity contribution in [3.05, 3.63) is 0 Å². The van der Waals surface area contributed by atoms with Gasteiger partial charge in [0.1, 0.15) is 6.04 Å². The maximum Gasteiger partial charge on any atom is 0.403 e. The number of nitrogens with one attached hydrogen (secondary N) is 1. The second-order valence-electron chi connectivity index (χ2n) is 5.80. The number of piperidine rings is 1. The molecule has 0 spiro atoms. The molecule has 2 fully saturated rings. The van der Waals surface area contributed by atoms with E-state index >= 15 is 0 Å². The van der Waals surface area contributed by atoms with Crippen LogP contribution in [0.2, 0.25) is 0 Å². The summed E-state index contributed by atoms with van der Waals surface area (Å²) >= 11 is 2.49. The van der Waals surface area contributed by atoms with Crippen molar-refractivity contribution in [1.82, 2.24) is 5.32 Å². The van der Waals surface area contributed by atoms with E-state index in [1.807, 2.05) is 6.92 Å². The van der Waals surface area contributed by atoms with Crippen molar-refractivity contribution in [2.24, 2.45) is 11.8 Å². The van der Waals surface area contributed by atoms with E-state index in [1.54, 1.807) is 0 Å². The van der Waals surface area contributed by atoms with Gasteiger partial charge in [-0.15, -0.1) is 0 Å². The molecular formula is C13H21F3IN. The van der Waals surface area contributed by atoms with Crippen molar-refractivity contribution < 1.29 is 13.2 Å². The summed E-state index contributed by atoms with van der Waals surface area (Å²) in [5.41, 5.74) is 0. The molecule has 1 aliphatic carbocycles. The zero-order chi connectivity index (χ0) is 13.3. The molecule has 1 N–H and O–H groups in total. The average molecular weight is 375 g/mol. The summed E-state index contributed by atoms with van der Waals surface area (Å²) in [5, 5.41) is 2.79. The number of hydrogen-bond acceptors (Lipinski definition) is 1. The second kappa shape index (κ2) is 5.85. The molecule has 0 bridgehead atoms. The number of hydrogen-bond donors (Lipinski definition) is 1. The van der Waals surface area contributed by atoms with E-state index in [0.717, 1.165) is 10.3 Å². The normalized spacial score (nSPS) is 42.8. The summed E-state index contributed by atoms with van der Waals surface area (Å²) in [6.45, 7) is 1.93. The van der Waals surface area contributed by atoms with Crippen LogP contribution in [0.1, 0.15) is 45.4 Å². The van der Waals surface area contributed by atoms with Gasteiger partial charge in [0.2, 0.25) is 0 Å². The molecule has 2 rings (SSSR count). The molecule has 0 aromatic rings. The first kappa shape index (κ1) is 14.9. The van der Waals surface area contributed by atoms with Crippen molar-refractivity contribution in [2.75, 3.05) is 0 Å². The Labute approximate surface area is 120 Å². The van der Waals surface area contributed by atoms with Gasteiger partial charge < -0.3 is 5.32 Å². The van der Waals surface area contributed by atoms with E-state index in [4.69, 9.17) is 0 Å². The van der Waals surface area contributed by atoms with Gasteiger partial charge in [0.15, 0.2) is 0 Å². The fourth-order valence-corrected chi connectivity index (χ4v) is 4.26. The quantitative estimate of drug-likeness (QED) is 0.532. The average Bonchev–Trinajstić information content (AvgIpc) is 2.29. The van der Waals surface area contributed by atoms with Crippen LogP contribution in [-0.4, -0.2) is 22.2 Å². The summed E-state index contributed by atoms with van der Waals surface area (Å²) < 4.78 is 38.8. The third kappa shape index (κ3) is 3.52. The first-order valence-corrected chi connectivity index (χ1v) is 8.09. The first-order chi connectivity index (χ1) is 8.38. The van der Waals surface area contributed by atoms with Crippen LogP contribution in [0.3, 0.4) is 0 Å². The van der Waals surface area contributed by atoms with Gasteiger partial charge in [-0.3, -0.25) is 0 Å². The maximum absolute atomic E-state index is 12.7. The van der Waals surface area contributed by atoms with E-state index in [-0.39, 0.29) is 12.5 Å². The van der Waals surface area contributed by atoms with Crippen LogP contribution >= 0.6 is 22.6 Å². The molecule has 1 saturated heterocycles. The lowest BCUT2D eigenvalue weighted by atomic mass is 9.72. The molecular weight excluding hydrogens is 354 g/mol. The van der Waals surface area contributed by atoms with Crippen molar-refractivity contribution in [2.45, 2.75) is 67.6 Å². The van der Waals surface area contributed by atoms with Crippen LogP contribution in [0.15, 0.2) is 0 Å². The lowest BCUT2D eigenvalue weighted by Gasteiger charge is -2.42. The highest BCUT2D eigenvalue weighted by Crippen LogP contribution is 2.40. The molecule has 3 atom stereocenters. The van der Waals surface area contributed by atoms with Crippen LogP contribution in [0.5, 0.6) is 0 Å². The van der Waals surface area contributed by atoms with Gasteiger partial charge in [-0.1, -0.05) is 22.6 Å². The topological polar surface area (TPSA) is 12.0 Å². The Kier molecular flexibility index (Phi) is 4.84. The molecule has 5 heteroatoms. The minimum Gasteiger partial charge on any atom is -0.303 e. The summed E-state index contributed by atoms with van der Waals surface area (Å²) in [4.78, 5) is 0. The highest BCUT2D eigenvalue weighted by Gasteiger charge is 2.45. The molecule has 106 valence electrons. The van der Waals surface area contributed by atoms with Gasteiger partial charge in [-0.25, -0.2) is 0 Å². The SMILES string of the molecule is CC1NC(C(F)(F)F)CCC1C1CCC(I)CC1. The molecule has 1 aliphatic heterocycles. The zero-order valence-corrected chi connectivity index (χ0v) is 12.8. The lowest BCUT2D eigenvalue weighted by molar-refractivity contribution is -0.166. The van der Waals surface area contributed by atoms with Crippen LogP contribution in [0.25, 0.3) is 0 Å². The fourth-order valence-electron chi connectivity index (χ4n) is 3.54. The summed E-state index contributed by atoms with van der Waals surface area (Å²) in [7, 11) is 0. The molecule has 0 radical (unpaired) electrons. The molecule has 3 unspecified atom stereocenters. The minimum atomic E-state index is -4.08. The van der Waals surface area contributed by atoms with Gasteiger partial charge in [0, 0.05) is 9.97 Å². The van der Waals surface area contributed by atoms with Gasteiger partial charge in [0.25, 0.3) is 0 Å². The molecule has 1 saturated carbocycles. The van der Waals surface area contributed by atoms with E-state index < -0.39 is 12.2 Å².